The quantitative estimate of drug-likeness (QED) is 0.509. The van der Waals surface area contributed by atoms with E-state index >= 15 is 0 Å². The van der Waals surface area contributed by atoms with E-state index in [2.05, 4.69) is 9.97 Å². The molecule has 1 fully saturated rings. The van der Waals surface area contributed by atoms with Gasteiger partial charge in [0.2, 0.25) is 5.95 Å². The highest BCUT2D eigenvalue weighted by atomic mass is 16.4. The van der Waals surface area contributed by atoms with Crippen LogP contribution in [0, 0.1) is 0 Å². The van der Waals surface area contributed by atoms with Crippen LogP contribution in [-0.4, -0.2) is 50.3 Å². The van der Waals surface area contributed by atoms with Gasteiger partial charge in [-0.15, -0.1) is 0 Å². The topological polar surface area (TPSA) is 130 Å². The van der Waals surface area contributed by atoms with Crippen LogP contribution in [0.2, 0.25) is 0 Å². The lowest BCUT2D eigenvalue weighted by Gasteiger charge is -2.46. The van der Waals surface area contributed by atoms with Crippen LogP contribution in [0.25, 0.3) is 0 Å². The number of anilines is 1. The van der Waals surface area contributed by atoms with Gasteiger partial charge < -0.3 is 20.7 Å². The van der Waals surface area contributed by atoms with Gasteiger partial charge in [0.1, 0.15) is 6.29 Å². The number of carbonyl (C=O) groups is 2. The van der Waals surface area contributed by atoms with E-state index in [9.17, 15) is 19.6 Å². The Balaban J connectivity index is 1.72. The maximum absolute atomic E-state index is 13.3. The lowest BCUT2D eigenvalue weighted by molar-refractivity contribution is 0.0395. The van der Waals surface area contributed by atoms with Crippen molar-refractivity contribution in [2.75, 3.05) is 5.73 Å². The summed E-state index contributed by atoms with van der Waals surface area (Å²) >= 11 is 0. The van der Waals surface area contributed by atoms with E-state index < -0.39 is 7.12 Å². The summed E-state index contributed by atoms with van der Waals surface area (Å²) in [4.78, 5) is 34.8. The van der Waals surface area contributed by atoms with Crippen molar-refractivity contribution in [2.45, 2.75) is 37.8 Å². The standard InChI is InChI=1S/C18H19BN4O4/c20-18-21-8-13-15(22-18)7-12-2-1-3-16(13)23(12)17(25)10-4-5-14(19(26)27)11(6-10)9-24/h4-6,8-9,12,16,26-27H,1-3,7H2,(H2,20,21,22). The van der Waals surface area contributed by atoms with Crippen molar-refractivity contribution in [1.82, 2.24) is 14.9 Å². The molecule has 2 aliphatic heterocycles. The molecule has 9 heteroatoms. The molecule has 2 aromatic rings. The average molecular weight is 366 g/mol. The summed E-state index contributed by atoms with van der Waals surface area (Å²) in [5, 5.41) is 18.7. The zero-order chi connectivity index (χ0) is 19.1. The Kier molecular flexibility index (Phi) is 4.41. The molecule has 0 spiro atoms. The van der Waals surface area contributed by atoms with E-state index in [0.717, 1.165) is 30.5 Å². The molecule has 27 heavy (non-hydrogen) atoms. The SMILES string of the molecule is Nc1ncc2c(n1)CC1CCCC2N1C(=O)c1ccc(B(O)O)c(C=O)c1. The molecule has 1 aromatic carbocycles. The number of hydrogen-bond donors (Lipinski definition) is 3. The number of nitrogen functional groups attached to an aromatic ring is 1. The van der Waals surface area contributed by atoms with Gasteiger partial charge in [0.25, 0.3) is 5.91 Å². The molecule has 0 radical (unpaired) electrons. The minimum Gasteiger partial charge on any atom is -0.423 e. The van der Waals surface area contributed by atoms with Crippen LogP contribution in [0.4, 0.5) is 5.95 Å². The second-order valence-electron chi connectivity index (χ2n) is 6.98. The Morgan fingerprint density at radius 1 is 1.33 bits per heavy atom. The van der Waals surface area contributed by atoms with Crippen LogP contribution in [0.15, 0.2) is 24.4 Å². The van der Waals surface area contributed by atoms with Gasteiger partial charge in [0, 0.05) is 35.3 Å². The summed E-state index contributed by atoms with van der Waals surface area (Å²) < 4.78 is 0. The highest BCUT2D eigenvalue weighted by Crippen LogP contribution is 2.41. The van der Waals surface area contributed by atoms with Crippen LogP contribution >= 0.6 is 0 Å². The van der Waals surface area contributed by atoms with E-state index in [-0.39, 0.29) is 35.0 Å². The number of nitrogens with two attached hydrogens (primary N) is 1. The van der Waals surface area contributed by atoms with Gasteiger partial charge in [0.05, 0.1) is 11.7 Å². The predicted octanol–water partition coefficient (Wildman–Crippen LogP) is -0.157. The second-order valence-corrected chi connectivity index (χ2v) is 6.98. The molecule has 1 aromatic heterocycles. The molecule has 2 bridgehead atoms. The fraction of sp³-hybridized carbons (Fsp3) is 0.333. The maximum Gasteiger partial charge on any atom is 0.489 e. The zero-order valence-electron chi connectivity index (χ0n) is 14.6. The fourth-order valence-corrected chi connectivity index (χ4v) is 4.19. The maximum atomic E-state index is 13.3. The van der Waals surface area contributed by atoms with E-state index in [0.29, 0.717) is 18.3 Å². The number of fused-ring (bicyclic) bond motifs is 4. The lowest BCUT2D eigenvalue weighted by Crippen LogP contribution is -2.50. The molecule has 4 N–H and O–H groups in total. The summed E-state index contributed by atoms with van der Waals surface area (Å²) in [5.74, 6) is 0.0506. The van der Waals surface area contributed by atoms with Crippen molar-refractivity contribution in [3.05, 3.63) is 46.8 Å². The summed E-state index contributed by atoms with van der Waals surface area (Å²) in [7, 11) is -1.77. The Hall–Kier alpha value is -2.78. The third-order valence-electron chi connectivity index (χ3n) is 5.42. The monoisotopic (exact) mass is 366 g/mol. The van der Waals surface area contributed by atoms with Crippen LogP contribution in [0.1, 0.15) is 57.3 Å². The van der Waals surface area contributed by atoms with Crippen LogP contribution in [-0.2, 0) is 6.42 Å². The number of piperidine rings is 1. The minimum atomic E-state index is -1.77. The van der Waals surface area contributed by atoms with E-state index in [1.807, 2.05) is 4.90 Å². The average Bonchev–Trinajstić information content (AvgIpc) is 2.66. The third-order valence-corrected chi connectivity index (χ3v) is 5.42. The van der Waals surface area contributed by atoms with Crippen molar-refractivity contribution in [1.29, 1.82) is 0 Å². The Labute approximate surface area is 156 Å². The molecule has 1 amide bonds. The number of amides is 1. The number of aldehydes is 1. The minimum absolute atomic E-state index is 0.0147. The summed E-state index contributed by atoms with van der Waals surface area (Å²) in [5.41, 5.74) is 8.05. The number of nitrogens with zero attached hydrogens (tertiary/aromatic N) is 3. The zero-order valence-corrected chi connectivity index (χ0v) is 14.6. The van der Waals surface area contributed by atoms with Crippen LogP contribution in [0.5, 0.6) is 0 Å². The van der Waals surface area contributed by atoms with Gasteiger partial charge in [-0.2, -0.15) is 0 Å². The van der Waals surface area contributed by atoms with Gasteiger partial charge in [-0.05, 0) is 36.9 Å². The molecule has 2 atom stereocenters. The van der Waals surface area contributed by atoms with Crippen LogP contribution < -0.4 is 11.2 Å². The van der Waals surface area contributed by atoms with E-state index in [4.69, 9.17) is 5.73 Å². The summed E-state index contributed by atoms with van der Waals surface area (Å²) in [6, 6.07) is 4.23. The van der Waals surface area contributed by atoms with Crippen molar-refractivity contribution >= 4 is 30.7 Å². The molecule has 138 valence electrons. The fourth-order valence-electron chi connectivity index (χ4n) is 4.19. The van der Waals surface area contributed by atoms with Gasteiger partial charge in [-0.3, -0.25) is 9.59 Å². The number of aromatic nitrogens is 2. The number of hydrogen-bond acceptors (Lipinski definition) is 7. The van der Waals surface area contributed by atoms with Crippen molar-refractivity contribution < 1.29 is 19.6 Å². The van der Waals surface area contributed by atoms with Crippen molar-refractivity contribution in [3.63, 3.8) is 0 Å². The lowest BCUT2D eigenvalue weighted by atomic mass is 9.76. The predicted molar refractivity (Wildman–Crippen MR) is 98.4 cm³/mol. The molecule has 3 heterocycles. The Bertz CT molecular complexity index is 920. The smallest absolute Gasteiger partial charge is 0.423 e. The first-order valence-electron chi connectivity index (χ1n) is 8.88. The third kappa shape index (κ3) is 2.98. The molecule has 0 saturated carbocycles. The number of rotatable bonds is 3. The Morgan fingerprint density at radius 3 is 2.89 bits per heavy atom. The largest absolute Gasteiger partial charge is 0.489 e. The number of benzene rings is 1. The molecular weight excluding hydrogens is 347 g/mol. The first-order chi connectivity index (χ1) is 13.0. The summed E-state index contributed by atoms with van der Waals surface area (Å²) in [6.07, 6.45) is 5.55. The molecule has 8 nitrogen and oxygen atoms in total. The molecule has 0 aliphatic carbocycles. The first-order valence-corrected chi connectivity index (χ1v) is 8.88. The first kappa shape index (κ1) is 17.6. The molecular formula is C18H19BN4O4. The molecule has 2 aliphatic rings. The normalized spacial score (nSPS) is 20.7. The van der Waals surface area contributed by atoms with Gasteiger partial charge in [0.15, 0.2) is 0 Å². The van der Waals surface area contributed by atoms with Gasteiger partial charge >= 0.3 is 7.12 Å². The number of carbonyl (C=O) groups excluding carboxylic acids is 2. The van der Waals surface area contributed by atoms with E-state index in [1.165, 1.54) is 18.2 Å². The second kappa shape index (κ2) is 6.75. The molecule has 2 unspecified atom stereocenters. The van der Waals surface area contributed by atoms with Crippen molar-refractivity contribution in [2.24, 2.45) is 0 Å². The van der Waals surface area contributed by atoms with Gasteiger partial charge in [-0.25, -0.2) is 9.97 Å². The van der Waals surface area contributed by atoms with Crippen molar-refractivity contribution in [3.8, 4) is 0 Å². The van der Waals surface area contributed by atoms with Gasteiger partial charge in [-0.1, -0.05) is 6.07 Å². The van der Waals surface area contributed by atoms with Crippen LogP contribution in [0.3, 0.4) is 0 Å². The summed E-state index contributed by atoms with van der Waals surface area (Å²) in [6.45, 7) is 0. The highest BCUT2D eigenvalue weighted by molar-refractivity contribution is 6.60. The molecule has 1 saturated heterocycles. The highest BCUT2D eigenvalue weighted by Gasteiger charge is 2.41. The van der Waals surface area contributed by atoms with E-state index in [1.54, 1.807) is 6.20 Å². The Morgan fingerprint density at radius 2 is 2.15 bits per heavy atom. The molecule has 4 rings (SSSR count).